The minimum absolute atomic E-state index is 0.00246. The molecule has 2 N–H and O–H groups in total. The number of carbonyl (C=O) groups excluding carboxylic acids is 1. The number of phenols is 1. The normalized spacial score (nSPS) is 10.1. The zero-order valence-corrected chi connectivity index (χ0v) is 10.3. The summed E-state index contributed by atoms with van der Waals surface area (Å²) in [6.45, 7) is 3.67. The van der Waals surface area contributed by atoms with Crippen molar-refractivity contribution in [3.8, 4) is 5.75 Å². The van der Waals surface area contributed by atoms with E-state index in [0.717, 1.165) is 5.56 Å². The highest BCUT2D eigenvalue weighted by Crippen LogP contribution is 2.22. The maximum Gasteiger partial charge on any atom is 0.260 e. The van der Waals surface area contributed by atoms with E-state index in [0.29, 0.717) is 11.4 Å². The van der Waals surface area contributed by atoms with E-state index in [2.05, 4.69) is 10.3 Å². The molecule has 0 atom stereocenters. The molecule has 0 radical (unpaired) electrons. The zero-order valence-electron chi connectivity index (χ0n) is 10.3. The Morgan fingerprint density at radius 1 is 1.28 bits per heavy atom. The van der Waals surface area contributed by atoms with Gasteiger partial charge in [-0.05, 0) is 43.2 Å². The van der Waals surface area contributed by atoms with Gasteiger partial charge in [-0.15, -0.1) is 0 Å². The first-order chi connectivity index (χ1) is 8.58. The molecule has 18 heavy (non-hydrogen) atoms. The molecular formula is C14H14N2O2. The molecule has 4 nitrogen and oxygen atoms in total. The lowest BCUT2D eigenvalue weighted by atomic mass is 10.1. The van der Waals surface area contributed by atoms with Crippen LogP contribution >= 0.6 is 0 Å². The molecule has 0 aliphatic heterocycles. The maximum absolute atomic E-state index is 12.0. The molecule has 0 bridgehead atoms. The highest BCUT2D eigenvalue weighted by atomic mass is 16.3. The summed E-state index contributed by atoms with van der Waals surface area (Å²) in [5.41, 5.74) is 1.92. The van der Waals surface area contributed by atoms with Crippen molar-refractivity contribution in [1.29, 1.82) is 0 Å². The van der Waals surface area contributed by atoms with Gasteiger partial charge in [0.05, 0.1) is 5.56 Å². The van der Waals surface area contributed by atoms with Crippen LogP contribution in [-0.2, 0) is 0 Å². The Morgan fingerprint density at radius 2 is 2.06 bits per heavy atom. The number of pyridine rings is 1. The van der Waals surface area contributed by atoms with E-state index in [1.807, 2.05) is 13.0 Å². The SMILES string of the molecule is Cc1ccnc(NC(=O)c2cccc(C)c2O)c1. The molecule has 0 saturated carbocycles. The number of aromatic hydroxyl groups is 1. The number of hydrogen-bond acceptors (Lipinski definition) is 3. The van der Waals surface area contributed by atoms with Crippen LogP contribution in [0.5, 0.6) is 5.75 Å². The fourth-order valence-electron chi connectivity index (χ4n) is 1.63. The van der Waals surface area contributed by atoms with E-state index in [-0.39, 0.29) is 17.2 Å². The van der Waals surface area contributed by atoms with Crippen molar-refractivity contribution in [2.45, 2.75) is 13.8 Å². The molecule has 0 saturated heterocycles. The standard InChI is InChI=1S/C14H14N2O2/c1-9-6-7-15-12(8-9)16-14(18)11-5-3-4-10(2)13(11)17/h3-8,17H,1-2H3,(H,15,16,18). The Bertz CT molecular complexity index is 594. The van der Waals surface area contributed by atoms with Gasteiger partial charge in [-0.2, -0.15) is 0 Å². The number of benzene rings is 1. The minimum atomic E-state index is -0.366. The third kappa shape index (κ3) is 2.48. The molecule has 0 unspecified atom stereocenters. The van der Waals surface area contributed by atoms with Crippen molar-refractivity contribution < 1.29 is 9.90 Å². The van der Waals surface area contributed by atoms with Gasteiger partial charge in [0.25, 0.3) is 5.91 Å². The topological polar surface area (TPSA) is 62.2 Å². The van der Waals surface area contributed by atoms with E-state index < -0.39 is 0 Å². The molecule has 1 aromatic carbocycles. The van der Waals surface area contributed by atoms with E-state index in [1.54, 1.807) is 37.4 Å². The average molecular weight is 242 g/mol. The van der Waals surface area contributed by atoms with Gasteiger partial charge >= 0.3 is 0 Å². The Labute approximate surface area is 105 Å². The van der Waals surface area contributed by atoms with Gasteiger partial charge in [-0.3, -0.25) is 4.79 Å². The van der Waals surface area contributed by atoms with E-state index in [1.165, 1.54) is 0 Å². The van der Waals surface area contributed by atoms with Crippen molar-refractivity contribution in [2.24, 2.45) is 0 Å². The number of para-hydroxylation sites is 1. The quantitative estimate of drug-likeness (QED) is 0.851. The first-order valence-electron chi connectivity index (χ1n) is 5.60. The number of amides is 1. The summed E-state index contributed by atoms with van der Waals surface area (Å²) in [7, 11) is 0. The highest BCUT2D eigenvalue weighted by Gasteiger charge is 2.12. The van der Waals surface area contributed by atoms with Gasteiger partial charge in [0.2, 0.25) is 0 Å². The van der Waals surface area contributed by atoms with Gasteiger partial charge in [0.1, 0.15) is 11.6 Å². The fourth-order valence-corrected chi connectivity index (χ4v) is 1.63. The van der Waals surface area contributed by atoms with Crippen molar-refractivity contribution in [3.63, 3.8) is 0 Å². The van der Waals surface area contributed by atoms with Crippen LogP contribution in [0, 0.1) is 13.8 Å². The molecular weight excluding hydrogens is 228 g/mol. The number of nitrogens with one attached hydrogen (secondary N) is 1. The summed E-state index contributed by atoms with van der Waals surface area (Å²) in [5, 5.41) is 12.5. The molecule has 2 aromatic rings. The Kier molecular flexibility index (Phi) is 3.28. The lowest BCUT2D eigenvalue weighted by Crippen LogP contribution is -2.13. The second-order valence-corrected chi connectivity index (χ2v) is 4.14. The van der Waals surface area contributed by atoms with Crippen molar-refractivity contribution in [1.82, 2.24) is 4.98 Å². The predicted octanol–water partition coefficient (Wildman–Crippen LogP) is 2.66. The van der Waals surface area contributed by atoms with E-state index >= 15 is 0 Å². The van der Waals surface area contributed by atoms with Gasteiger partial charge in [-0.1, -0.05) is 12.1 Å². The Hall–Kier alpha value is -2.36. The van der Waals surface area contributed by atoms with Gasteiger partial charge in [0, 0.05) is 6.20 Å². The number of aromatic nitrogens is 1. The third-order valence-corrected chi connectivity index (χ3v) is 2.64. The molecule has 1 amide bonds. The molecule has 0 fully saturated rings. The molecule has 1 aromatic heterocycles. The lowest BCUT2D eigenvalue weighted by Gasteiger charge is -2.08. The summed E-state index contributed by atoms with van der Waals surface area (Å²) < 4.78 is 0. The van der Waals surface area contributed by atoms with Crippen LogP contribution in [0.4, 0.5) is 5.82 Å². The number of hydrogen-bond donors (Lipinski definition) is 2. The molecule has 4 heteroatoms. The minimum Gasteiger partial charge on any atom is -0.507 e. The second-order valence-electron chi connectivity index (χ2n) is 4.14. The number of nitrogens with zero attached hydrogens (tertiary/aromatic N) is 1. The fraction of sp³-hybridized carbons (Fsp3) is 0.143. The number of phenolic OH excluding ortho intramolecular Hbond substituents is 1. The summed E-state index contributed by atoms with van der Waals surface area (Å²) in [4.78, 5) is 16.0. The number of aryl methyl sites for hydroxylation is 2. The van der Waals surface area contributed by atoms with Crippen LogP contribution in [-0.4, -0.2) is 16.0 Å². The zero-order chi connectivity index (χ0) is 13.1. The third-order valence-electron chi connectivity index (χ3n) is 2.64. The maximum atomic E-state index is 12.0. The molecule has 0 spiro atoms. The molecule has 0 aliphatic rings. The van der Waals surface area contributed by atoms with Crippen molar-refractivity contribution in [3.05, 3.63) is 53.2 Å². The average Bonchev–Trinajstić information content (AvgIpc) is 2.32. The number of rotatable bonds is 2. The van der Waals surface area contributed by atoms with Gasteiger partial charge in [-0.25, -0.2) is 4.98 Å². The van der Waals surface area contributed by atoms with Gasteiger partial charge in [0.15, 0.2) is 0 Å². The molecule has 0 aliphatic carbocycles. The molecule has 2 rings (SSSR count). The molecule has 1 heterocycles. The van der Waals surface area contributed by atoms with E-state index in [9.17, 15) is 9.90 Å². The Balaban J connectivity index is 2.25. The summed E-state index contributed by atoms with van der Waals surface area (Å²) in [5.74, 6) is 0.109. The highest BCUT2D eigenvalue weighted by molar-refractivity contribution is 6.05. The number of anilines is 1. The van der Waals surface area contributed by atoms with Crippen LogP contribution in [0.2, 0.25) is 0 Å². The first kappa shape index (κ1) is 12.1. The summed E-state index contributed by atoms with van der Waals surface area (Å²) in [6, 6.07) is 8.67. The van der Waals surface area contributed by atoms with Crippen molar-refractivity contribution >= 4 is 11.7 Å². The van der Waals surface area contributed by atoms with Crippen molar-refractivity contribution in [2.75, 3.05) is 5.32 Å². The van der Waals surface area contributed by atoms with Crippen LogP contribution in [0.25, 0.3) is 0 Å². The monoisotopic (exact) mass is 242 g/mol. The Morgan fingerprint density at radius 3 is 2.78 bits per heavy atom. The van der Waals surface area contributed by atoms with Crippen LogP contribution in [0.3, 0.4) is 0 Å². The largest absolute Gasteiger partial charge is 0.507 e. The molecule has 92 valence electrons. The van der Waals surface area contributed by atoms with Crippen LogP contribution < -0.4 is 5.32 Å². The summed E-state index contributed by atoms with van der Waals surface area (Å²) >= 11 is 0. The second kappa shape index (κ2) is 4.87. The van der Waals surface area contributed by atoms with Gasteiger partial charge < -0.3 is 10.4 Å². The van der Waals surface area contributed by atoms with E-state index in [4.69, 9.17) is 0 Å². The smallest absolute Gasteiger partial charge is 0.260 e. The summed E-state index contributed by atoms with van der Waals surface area (Å²) in [6.07, 6.45) is 1.63. The number of carbonyl (C=O) groups is 1. The lowest BCUT2D eigenvalue weighted by molar-refractivity contribution is 0.102. The predicted molar refractivity (Wildman–Crippen MR) is 69.8 cm³/mol. The van der Waals surface area contributed by atoms with Crippen LogP contribution in [0.15, 0.2) is 36.5 Å². The first-order valence-corrected chi connectivity index (χ1v) is 5.60. The van der Waals surface area contributed by atoms with Crippen LogP contribution in [0.1, 0.15) is 21.5 Å².